The Kier molecular flexibility index (Phi) is 5.85. The summed E-state index contributed by atoms with van der Waals surface area (Å²) in [5.41, 5.74) is 1.59. The van der Waals surface area contributed by atoms with Crippen LogP contribution in [0.4, 0.5) is 0 Å². The van der Waals surface area contributed by atoms with Crippen molar-refractivity contribution < 1.29 is 9.59 Å². The predicted molar refractivity (Wildman–Crippen MR) is 112 cm³/mol. The Hall–Kier alpha value is -1.88. The SMILES string of the molecule is Cc1ccc(C(C)C(=O)NCC(C)(NC(=O)C2(CN(C)C)CC2)C2CC2)cc1. The molecule has 2 atom stereocenters. The molecule has 3 rings (SSSR count). The highest BCUT2D eigenvalue weighted by Gasteiger charge is 2.53. The molecule has 2 N–H and O–H groups in total. The van der Waals surface area contributed by atoms with Gasteiger partial charge in [-0.2, -0.15) is 0 Å². The topological polar surface area (TPSA) is 61.4 Å². The minimum Gasteiger partial charge on any atom is -0.353 e. The van der Waals surface area contributed by atoms with Crippen LogP contribution < -0.4 is 10.6 Å². The molecule has 0 bridgehead atoms. The summed E-state index contributed by atoms with van der Waals surface area (Å²) in [5, 5.41) is 6.44. The second-order valence-electron chi connectivity index (χ2n) is 9.51. The molecule has 2 amide bonds. The van der Waals surface area contributed by atoms with Gasteiger partial charge in [-0.25, -0.2) is 0 Å². The Morgan fingerprint density at radius 2 is 1.82 bits per heavy atom. The lowest BCUT2D eigenvalue weighted by atomic mass is 9.92. The van der Waals surface area contributed by atoms with Crippen LogP contribution in [0.5, 0.6) is 0 Å². The van der Waals surface area contributed by atoms with Gasteiger partial charge in [0.2, 0.25) is 11.8 Å². The van der Waals surface area contributed by atoms with Gasteiger partial charge in [0.05, 0.1) is 16.9 Å². The fraction of sp³-hybridized carbons (Fsp3) is 0.652. The molecular formula is C23H35N3O2. The zero-order valence-electron chi connectivity index (χ0n) is 18.0. The molecule has 2 aliphatic rings. The minimum atomic E-state index is -0.373. The Morgan fingerprint density at radius 3 is 2.32 bits per heavy atom. The molecule has 5 nitrogen and oxygen atoms in total. The average Bonchev–Trinajstić information content (AvgIpc) is 3.53. The van der Waals surface area contributed by atoms with Gasteiger partial charge in [0.15, 0.2) is 0 Å². The van der Waals surface area contributed by atoms with Crippen LogP contribution in [-0.2, 0) is 9.59 Å². The first-order valence-corrected chi connectivity index (χ1v) is 10.5. The second kappa shape index (κ2) is 7.86. The van der Waals surface area contributed by atoms with E-state index in [9.17, 15) is 9.59 Å². The van der Waals surface area contributed by atoms with E-state index in [1.807, 2.05) is 52.2 Å². The molecule has 0 aromatic heterocycles. The molecule has 0 spiro atoms. The molecule has 1 aromatic rings. The van der Waals surface area contributed by atoms with Crippen LogP contribution in [0.25, 0.3) is 0 Å². The zero-order valence-corrected chi connectivity index (χ0v) is 18.0. The summed E-state index contributed by atoms with van der Waals surface area (Å²) >= 11 is 0. The van der Waals surface area contributed by atoms with Crippen LogP contribution in [0.3, 0.4) is 0 Å². The van der Waals surface area contributed by atoms with Crippen LogP contribution in [-0.4, -0.2) is 49.4 Å². The number of nitrogens with zero attached hydrogens (tertiary/aromatic N) is 1. The quantitative estimate of drug-likeness (QED) is 0.687. The molecule has 0 aliphatic heterocycles. The summed E-state index contributed by atoms with van der Waals surface area (Å²) in [6.07, 6.45) is 4.13. The van der Waals surface area contributed by atoms with Gasteiger partial charge in [-0.15, -0.1) is 0 Å². The lowest BCUT2D eigenvalue weighted by molar-refractivity contribution is -0.130. The molecule has 5 heteroatoms. The minimum absolute atomic E-state index is 0.0133. The normalized spacial score (nSPS) is 20.9. The summed E-state index contributed by atoms with van der Waals surface area (Å²) in [7, 11) is 4.03. The molecule has 2 unspecified atom stereocenters. The number of rotatable bonds is 9. The summed E-state index contributed by atoms with van der Waals surface area (Å²) < 4.78 is 0. The Morgan fingerprint density at radius 1 is 1.21 bits per heavy atom. The van der Waals surface area contributed by atoms with Crippen LogP contribution in [0.1, 0.15) is 56.6 Å². The van der Waals surface area contributed by atoms with Gasteiger partial charge < -0.3 is 15.5 Å². The van der Waals surface area contributed by atoms with E-state index in [0.29, 0.717) is 12.5 Å². The fourth-order valence-corrected chi connectivity index (χ4v) is 4.05. The first-order valence-electron chi connectivity index (χ1n) is 10.5. The van der Waals surface area contributed by atoms with E-state index in [2.05, 4.69) is 22.5 Å². The van der Waals surface area contributed by atoms with Crippen molar-refractivity contribution in [3.05, 3.63) is 35.4 Å². The van der Waals surface area contributed by atoms with E-state index in [0.717, 1.165) is 37.8 Å². The first-order chi connectivity index (χ1) is 13.2. The zero-order chi connectivity index (χ0) is 20.5. The highest BCUT2D eigenvalue weighted by Crippen LogP contribution is 2.48. The van der Waals surface area contributed by atoms with Gasteiger partial charge in [-0.3, -0.25) is 9.59 Å². The molecule has 2 fully saturated rings. The summed E-state index contributed by atoms with van der Waals surface area (Å²) in [6.45, 7) is 7.34. The number of amides is 2. The van der Waals surface area contributed by atoms with Gasteiger partial charge in [-0.05, 0) is 72.0 Å². The smallest absolute Gasteiger partial charge is 0.228 e. The van der Waals surface area contributed by atoms with Gasteiger partial charge >= 0.3 is 0 Å². The van der Waals surface area contributed by atoms with Crippen LogP contribution in [0.15, 0.2) is 24.3 Å². The highest BCUT2D eigenvalue weighted by atomic mass is 16.2. The van der Waals surface area contributed by atoms with Crippen molar-refractivity contribution in [1.29, 1.82) is 0 Å². The molecule has 0 radical (unpaired) electrons. The third-order valence-electron chi connectivity index (χ3n) is 6.43. The lowest BCUT2D eigenvalue weighted by Gasteiger charge is -2.34. The molecular weight excluding hydrogens is 350 g/mol. The summed E-state index contributed by atoms with van der Waals surface area (Å²) in [4.78, 5) is 27.8. The van der Waals surface area contributed by atoms with Crippen molar-refractivity contribution in [2.24, 2.45) is 11.3 Å². The summed E-state index contributed by atoms with van der Waals surface area (Å²) in [6, 6.07) is 8.10. The maximum atomic E-state index is 13.0. The van der Waals surface area contributed by atoms with Crippen molar-refractivity contribution in [2.75, 3.05) is 27.2 Å². The average molecular weight is 386 g/mol. The van der Waals surface area contributed by atoms with E-state index in [1.54, 1.807) is 0 Å². The van der Waals surface area contributed by atoms with Crippen LogP contribution >= 0.6 is 0 Å². The molecule has 0 heterocycles. The number of nitrogens with one attached hydrogen (secondary N) is 2. The first kappa shape index (κ1) is 20.8. The predicted octanol–water partition coefficient (Wildman–Crippen LogP) is 2.84. The summed E-state index contributed by atoms with van der Waals surface area (Å²) in [5.74, 6) is 0.403. The number of aryl methyl sites for hydroxylation is 1. The van der Waals surface area contributed by atoms with Gasteiger partial charge in [0, 0.05) is 13.1 Å². The van der Waals surface area contributed by atoms with Crippen LogP contribution in [0, 0.1) is 18.3 Å². The number of hydrogen-bond acceptors (Lipinski definition) is 3. The maximum absolute atomic E-state index is 13.0. The van der Waals surface area contributed by atoms with E-state index in [-0.39, 0.29) is 28.7 Å². The number of benzene rings is 1. The molecule has 2 aliphatic carbocycles. The van der Waals surface area contributed by atoms with E-state index in [4.69, 9.17) is 0 Å². The van der Waals surface area contributed by atoms with E-state index >= 15 is 0 Å². The Balaban J connectivity index is 1.60. The third kappa shape index (κ3) is 4.75. The lowest BCUT2D eigenvalue weighted by Crippen LogP contribution is -2.57. The molecule has 2 saturated carbocycles. The molecule has 154 valence electrons. The highest BCUT2D eigenvalue weighted by molar-refractivity contribution is 5.87. The number of carbonyl (C=O) groups is 2. The monoisotopic (exact) mass is 385 g/mol. The van der Waals surface area contributed by atoms with E-state index < -0.39 is 0 Å². The molecule has 1 aromatic carbocycles. The second-order valence-corrected chi connectivity index (χ2v) is 9.51. The van der Waals surface area contributed by atoms with E-state index in [1.165, 1.54) is 5.56 Å². The van der Waals surface area contributed by atoms with Gasteiger partial charge in [0.25, 0.3) is 0 Å². The fourth-order valence-electron chi connectivity index (χ4n) is 4.05. The van der Waals surface area contributed by atoms with Crippen molar-refractivity contribution in [2.45, 2.75) is 57.9 Å². The van der Waals surface area contributed by atoms with Crippen LogP contribution in [0.2, 0.25) is 0 Å². The molecule has 0 saturated heterocycles. The Labute approximate surface area is 169 Å². The van der Waals surface area contributed by atoms with Gasteiger partial charge in [0.1, 0.15) is 0 Å². The largest absolute Gasteiger partial charge is 0.353 e. The third-order valence-corrected chi connectivity index (χ3v) is 6.43. The number of carbonyl (C=O) groups excluding carboxylic acids is 2. The van der Waals surface area contributed by atoms with Crippen molar-refractivity contribution in [3.8, 4) is 0 Å². The maximum Gasteiger partial charge on any atom is 0.228 e. The van der Waals surface area contributed by atoms with Gasteiger partial charge in [-0.1, -0.05) is 29.8 Å². The molecule has 28 heavy (non-hydrogen) atoms. The standard InChI is InChI=1S/C23H35N3O2/c1-16-6-8-18(9-7-16)17(2)20(27)24-14-22(3,19-10-11-19)25-21(28)23(12-13-23)15-26(4)5/h6-9,17,19H,10-15H2,1-5H3,(H,24,27)(H,25,28). The van der Waals surface area contributed by atoms with Crippen molar-refractivity contribution in [1.82, 2.24) is 15.5 Å². The van der Waals surface area contributed by atoms with Crippen molar-refractivity contribution >= 4 is 11.8 Å². The van der Waals surface area contributed by atoms with Crippen molar-refractivity contribution in [3.63, 3.8) is 0 Å². The Bertz CT molecular complexity index is 720. The number of hydrogen-bond donors (Lipinski definition) is 2.